The Balaban J connectivity index is 2.82. The first-order valence-electron chi connectivity index (χ1n) is 7.00. The van der Waals surface area contributed by atoms with Crippen LogP contribution in [-0.4, -0.2) is 86.6 Å². The number of aliphatic hydroxyl groups excluding tert-OH is 5. The Morgan fingerprint density at radius 3 is 2.33 bits per heavy atom. The Bertz CT molecular complexity index is 511. The van der Waals surface area contributed by atoms with E-state index in [4.69, 9.17) is 19.5 Å². The van der Waals surface area contributed by atoms with Gasteiger partial charge in [-0.05, 0) is 19.3 Å². The molecule has 5 unspecified atom stereocenters. The number of hydrogen-bond acceptors (Lipinski definition) is 11. The molecule has 1 saturated heterocycles. The Morgan fingerprint density at radius 1 is 1.12 bits per heavy atom. The molecular weight excluding hydrogens is 370 g/mol. The third-order valence-corrected chi connectivity index (χ3v) is 4.57. The average Bonchev–Trinajstić information content (AvgIpc) is 2.52. The lowest BCUT2D eigenvalue weighted by atomic mass is 10.0. The monoisotopic (exact) mass is 391 g/mol. The highest BCUT2D eigenvalue weighted by Gasteiger charge is 2.44. The molecule has 1 fully saturated rings. The molecule has 5 atom stereocenters. The maximum absolute atomic E-state index is 10.6. The van der Waals surface area contributed by atoms with Crippen molar-refractivity contribution in [2.24, 2.45) is 5.16 Å². The number of oxime groups is 1. The summed E-state index contributed by atoms with van der Waals surface area (Å²) in [6.45, 7) is -0.711. The highest BCUT2D eigenvalue weighted by molar-refractivity contribution is 8.14. The topological polar surface area (TPSA) is 186 Å². The molecule has 1 aliphatic heterocycles. The van der Waals surface area contributed by atoms with Gasteiger partial charge in [-0.2, -0.15) is 8.42 Å². The van der Waals surface area contributed by atoms with Gasteiger partial charge in [-0.25, -0.2) is 4.28 Å². The van der Waals surface area contributed by atoms with Gasteiger partial charge in [0, 0.05) is 6.61 Å². The van der Waals surface area contributed by atoms with Gasteiger partial charge in [0.2, 0.25) is 0 Å². The van der Waals surface area contributed by atoms with Gasteiger partial charge in [0.25, 0.3) is 0 Å². The number of hydrogen-bond donors (Lipinski definition) is 6. The molecule has 142 valence electrons. The summed E-state index contributed by atoms with van der Waals surface area (Å²) in [6, 6.07) is 0. The average molecular weight is 391 g/mol. The molecule has 11 nitrogen and oxygen atoms in total. The number of rotatable bonds is 8. The molecule has 0 saturated carbocycles. The molecule has 6 N–H and O–H groups in total. The number of thioether (sulfide) groups is 1. The van der Waals surface area contributed by atoms with Crippen molar-refractivity contribution in [2.45, 2.75) is 49.1 Å². The van der Waals surface area contributed by atoms with Crippen LogP contribution in [0.1, 0.15) is 19.3 Å². The first kappa shape index (κ1) is 21.5. The fourth-order valence-electron chi connectivity index (χ4n) is 1.90. The first-order chi connectivity index (χ1) is 11.2. The second kappa shape index (κ2) is 9.84. The lowest BCUT2D eigenvalue weighted by Gasteiger charge is -2.39. The standard InChI is InChI=1S/C11H21NO10S2/c13-4-2-1-3-7(12-22-24(18,19)20)23-11-10(17)9(16)8(15)6(5-14)21-11/h6,8-11,13-17H,1-5H2,(H,18,19,20). The Labute approximate surface area is 142 Å². The fourth-order valence-corrected chi connectivity index (χ4v) is 3.24. The second-order valence-electron chi connectivity index (χ2n) is 4.98. The van der Waals surface area contributed by atoms with Crippen LogP contribution in [0.15, 0.2) is 5.16 Å². The van der Waals surface area contributed by atoms with Gasteiger partial charge in [0.1, 0.15) is 34.9 Å². The highest BCUT2D eigenvalue weighted by Crippen LogP contribution is 2.30. The Morgan fingerprint density at radius 2 is 1.79 bits per heavy atom. The summed E-state index contributed by atoms with van der Waals surface area (Å²) < 4.78 is 39.0. The van der Waals surface area contributed by atoms with Crippen molar-refractivity contribution in [3.8, 4) is 0 Å². The van der Waals surface area contributed by atoms with Crippen LogP contribution < -0.4 is 0 Å². The molecule has 0 bridgehead atoms. The van der Waals surface area contributed by atoms with E-state index >= 15 is 0 Å². The zero-order valence-corrected chi connectivity index (χ0v) is 14.1. The van der Waals surface area contributed by atoms with Crippen molar-refractivity contribution in [1.82, 2.24) is 0 Å². The van der Waals surface area contributed by atoms with Crippen LogP contribution in [0.3, 0.4) is 0 Å². The predicted molar refractivity (Wildman–Crippen MR) is 82.4 cm³/mol. The number of ether oxygens (including phenoxy) is 1. The van der Waals surface area contributed by atoms with Crippen molar-refractivity contribution in [2.75, 3.05) is 13.2 Å². The van der Waals surface area contributed by atoms with Crippen LogP contribution in [0.25, 0.3) is 0 Å². The summed E-state index contributed by atoms with van der Waals surface area (Å²) in [5.41, 5.74) is -1.17. The normalized spacial score (nSPS) is 31.9. The zero-order valence-electron chi connectivity index (χ0n) is 12.5. The summed E-state index contributed by atoms with van der Waals surface area (Å²) in [6.07, 6.45) is -4.85. The third-order valence-electron chi connectivity index (χ3n) is 3.13. The van der Waals surface area contributed by atoms with Crippen LogP contribution in [0, 0.1) is 0 Å². The maximum atomic E-state index is 10.6. The van der Waals surface area contributed by atoms with E-state index in [1.165, 1.54) is 0 Å². The zero-order chi connectivity index (χ0) is 18.3. The number of aliphatic hydroxyl groups is 5. The second-order valence-corrected chi connectivity index (χ2v) is 7.16. The van der Waals surface area contributed by atoms with E-state index < -0.39 is 46.9 Å². The van der Waals surface area contributed by atoms with Crippen molar-refractivity contribution in [3.05, 3.63) is 0 Å². The minimum Gasteiger partial charge on any atom is -0.396 e. The van der Waals surface area contributed by atoms with E-state index in [0.29, 0.717) is 24.6 Å². The molecule has 13 heteroatoms. The minimum absolute atomic E-state index is 0.00500. The van der Waals surface area contributed by atoms with Gasteiger partial charge in [-0.3, -0.25) is 4.55 Å². The molecule has 1 aliphatic rings. The summed E-state index contributed by atoms with van der Waals surface area (Å²) in [5.74, 6) is 0. The van der Waals surface area contributed by atoms with Gasteiger partial charge >= 0.3 is 10.4 Å². The third kappa shape index (κ3) is 6.78. The molecule has 1 rings (SSSR count). The summed E-state index contributed by atoms with van der Waals surface area (Å²) in [4.78, 5) is 0. The number of nitrogens with zero attached hydrogens (tertiary/aromatic N) is 1. The van der Waals surface area contributed by atoms with E-state index in [1.54, 1.807) is 0 Å². The van der Waals surface area contributed by atoms with E-state index in [9.17, 15) is 23.7 Å². The van der Waals surface area contributed by atoms with E-state index in [-0.39, 0.29) is 18.1 Å². The maximum Gasteiger partial charge on any atom is 0.466 e. The quantitative estimate of drug-likeness (QED) is 0.0867. The molecule has 0 aliphatic carbocycles. The van der Waals surface area contributed by atoms with Gasteiger partial charge in [-0.15, -0.1) is 0 Å². The molecule has 1 heterocycles. The Hall–Kier alpha value is -0.510. The van der Waals surface area contributed by atoms with E-state index in [0.717, 1.165) is 0 Å². The minimum atomic E-state index is -4.82. The fraction of sp³-hybridized carbons (Fsp3) is 0.909. The van der Waals surface area contributed by atoms with Crippen molar-refractivity contribution >= 4 is 27.2 Å². The molecule has 0 aromatic carbocycles. The van der Waals surface area contributed by atoms with Gasteiger partial charge in [0.05, 0.1) is 6.61 Å². The smallest absolute Gasteiger partial charge is 0.396 e. The molecular formula is C11H21NO10S2. The van der Waals surface area contributed by atoms with Crippen LogP contribution in [0.4, 0.5) is 0 Å². The largest absolute Gasteiger partial charge is 0.466 e. The Kier molecular flexibility index (Phi) is 8.83. The van der Waals surface area contributed by atoms with Gasteiger partial charge < -0.3 is 30.3 Å². The highest BCUT2D eigenvalue weighted by atomic mass is 32.3. The molecule has 0 aromatic heterocycles. The van der Waals surface area contributed by atoms with E-state index in [1.807, 2.05) is 0 Å². The van der Waals surface area contributed by atoms with Gasteiger partial charge in [-0.1, -0.05) is 16.9 Å². The van der Waals surface area contributed by atoms with E-state index in [2.05, 4.69) is 9.44 Å². The van der Waals surface area contributed by atoms with Crippen LogP contribution in [0.2, 0.25) is 0 Å². The number of unbranched alkanes of at least 4 members (excludes halogenated alkanes) is 1. The summed E-state index contributed by atoms with van der Waals surface area (Å²) in [5, 5.41) is 50.5. The van der Waals surface area contributed by atoms with Crippen molar-refractivity contribution in [3.63, 3.8) is 0 Å². The molecule has 0 radical (unpaired) electrons. The molecule has 0 aromatic rings. The molecule has 0 spiro atoms. The summed E-state index contributed by atoms with van der Waals surface area (Å²) in [7, 11) is -4.82. The lowest BCUT2D eigenvalue weighted by Crippen LogP contribution is -2.57. The van der Waals surface area contributed by atoms with Crippen LogP contribution in [0.5, 0.6) is 0 Å². The summed E-state index contributed by atoms with van der Waals surface area (Å²) >= 11 is 0.703. The predicted octanol–water partition coefficient (Wildman–Crippen LogP) is -2.18. The molecule has 24 heavy (non-hydrogen) atoms. The molecule has 0 amide bonds. The van der Waals surface area contributed by atoms with Crippen LogP contribution in [-0.2, 0) is 19.4 Å². The van der Waals surface area contributed by atoms with Crippen molar-refractivity contribution < 1.29 is 47.5 Å². The van der Waals surface area contributed by atoms with Crippen molar-refractivity contribution in [1.29, 1.82) is 0 Å². The van der Waals surface area contributed by atoms with Gasteiger partial charge in [0.15, 0.2) is 0 Å². The SMILES string of the molecule is O=S(=O)(O)ON=C(CCCCO)SC1OC(CO)C(O)C(O)C1O. The first-order valence-corrected chi connectivity index (χ1v) is 9.25. The lowest BCUT2D eigenvalue weighted by molar-refractivity contribution is -0.205. The van der Waals surface area contributed by atoms with Crippen LogP contribution >= 0.6 is 11.8 Å².